The molecule has 0 bridgehead atoms. The predicted molar refractivity (Wildman–Crippen MR) is 504 cm³/mol. The first-order chi connectivity index (χ1) is 46.5. The highest BCUT2D eigenvalue weighted by Crippen LogP contribution is 2.36. The topological polar surface area (TPSA) is 130 Å². The summed E-state index contributed by atoms with van der Waals surface area (Å²) < 4.78 is 72.4. The summed E-state index contributed by atoms with van der Waals surface area (Å²) in [5, 5.41) is 2.26. The van der Waals surface area contributed by atoms with Crippen LogP contribution in [0.2, 0.25) is 0 Å². The third-order valence-corrected chi connectivity index (χ3v) is 27.8. The molecule has 0 spiro atoms. The van der Waals surface area contributed by atoms with E-state index in [2.05, 4.69) is 289 Å². The lowest BCUT2D eigenvalue weighted by Crippen LogP contribution is -2.33. The molecule has 0 heterocycles. The average Bonchev–Trinajstić information content (AvgIpc) is 0.904. The van der Waals surface area contributed by atoms with E-state index in [0.717, 1.165) is 63.6 Å². The summed E-state index contributed by atoms with van der Waals surface area (Å²) in [6.45, 7) is 123. The second-order valence-corrected chi connectivity index (χ2v) is 52.3. The fourth-order valence-electron chi connectivity index (χ4n) is 8.60. The van der Waals surface area contributed by atoms with Gasteiger partial charge >= 0.3 is 0 Å². The minimum atomic E-state index is -2.81. The van der Waals surface area contributed by atoms with Gasteiger partial charge < -0.3 is 14.2 Å². The lowest BCUT2D eigenvalue weighted by molar-refractivity contribution is -0.122. The predicted octanol–water partition coefficient (Wildman–Crippen LogP) is 30.5. The number of carbonyl (C=O) groups excluding carboxylic acids is 1. The molecule has 0 rings (SSSR count). The van der Waals surface area contributed by atoms with Crippen molar-refractivity contribution in [3.8, 4) is 0 Å². The summed E-state index contributed by atoms with van der Waals surface area (Å²) in [6.07, 6.45) is 4.84. The number of rotatable bonds is 30. The molecule has 0 unspecified atom stereocenters. The highest BCUT2D eigenvalue weighted by atomic mass is 32.2. The Bertz CT molecular complexity index is 1980. The zero-order chi connectivity index (χ0) is 88.9. The maximum Gasteiger partial charge on any atom is 0.154 e. The molecule has 0 aliphatic heterocycles. The highest BCUT2D eigenvalue weighted by Gasteiger charge is 2.28. The fraction of sp³-hybridized carbons (Fsp3) is 0.989. The molecule has 0 amide bonds. The molecule has 0 atom stereocenters. The summed E-state index contributed by atoms with van der Waals surface area (Å²) in [4.78, 5) is 11.0. The number of sulfone groups is 2. The van der Waals surface area contributed by atoms with Gasteiger partial charge in [-0.3, -0.25) is 9.00 Å². The Balaban J connectivity index is -0.0000000820. The molecule has 0 N–H and O–H groups in total. The van der Waals surface area contributed by atoms with Crippen LogP contribution in [-0.2, 0) is 49.5 Å². The molecule has 0 aromatic rings. The summed E-state index contributed by atoms with van der Waals surface area (Å²) >= 11 is 4.07. The Kier molecular flexibility index (Phi) is 89.8. The molecule has 0 aliphatic rings. The quantitative estimate of drug-likeness (QED) is 0.0681. The van der Waals surface area contributed by atoms with Crippen molar-refractivity contribution in [1.82, 2.24) is 0 Å². The van der Waals surface area contributed by atoms with Crippen LogP contribution in [0.4, 0.5) is 0 Å². The van der Waals surface area contributed by atoms with Crippen molar-refractivity contribution in [3.63, 3.8) is 0 Å². The zero-order valence-corrected chi connectivity index (χ0v) is 87.5. The molecule has 0 fully saturated rings. The summed E-state index contributed by atoms with van der Waals surface area (Å²) in [5.41, 5.74) is 1.07. The number of hydrogen-bond donors (Lipinski definition) is 0. The van der Waals surface area contributed by atoms with E-state index in [1.807, 2.05) is 94.8 Å². The van der Waals surface area contributed by atoms with Gasteiger partial charge in [-0.2, -0.15) is 23.5 Å². The van der Waals surface area contributed by atoms with Crippen molar-refractivity contribution in [1.29, 1.82) is 0 Å². The van der Waals surface area contributed by atoms with Crippen LogP contribution in [0.1, 0.15) is 428 Å². The van der Waals surface area contributed by atoms with Crippen molar-refractivity contribution in [2.75, 3.05) is 5.75 Å². The first kappa shape index (κ1) is 136. The van der Waals surface area contributed by atoms with Gasteiger partial charge in [-0.1, -0.05) is 284 Å². The third-order valence-electron chi connectivity index (χ3n) is 18.1. The van der Waals surface area contributed by atoms with E-state index in [4.69, 9.17) is 14.2 Å². The Labute approximate surface area is 693 Å². The molecule has 14 heteroatoms. The minimum absolute atomic E-state index is 0. The second kappa shape index (κ2) is 70.5. The molecule has 0 saturated heterocycles. The second-order valence-electron chi connectivity index (χ2n) is 39.7. The Morgan fingerprint density at radius 1 is 0.364 bits per heavy atom. The standard InChI is InChI=1S/C10H22.2C9H20O.C9H20S.C9H20.C8H16O.C7H16O2S.C7H16.C6H14O2S.C6H14OS.C6H14O.C6H14S.CH4/c1-8(2)7-10(5,6)9(3)4;3*1-7(2)9(5,6)10-8(3)4;1-7(2)9(5,6)8(3)4;1-6(2)5-8(9)7(3)4;1-6(2)5-10(8,9)7(3)4;1-6(2)5-7(3)4;1-5(2)9(7,8)6(3)4;1-5(2)8(7)6(3)4;2*1-5(2)7-6(3)4;/h8-9H,7H2,1-6H3;3*7-8H,1-6H3;7-8H,1-6H3;6-7H,5H2,1-4H3;6-7H,5H2,1-4H3;6-7H,5H2,1-4H3;5-6H,1-4H3;5-6H,1-4H3;2*5-6H,1-4H3;1H4. The van der Waals surface area contributed by atoms with E-state index in [1.54, 1.807) is 41.5 Å². The summed E-state index contributed by atoms with van der Waals surface area (Å²) in [7, 11) is -6.24. The van der Waals surface area contributed by atoms with Gasteiger partial charge in [0.25, 0.3) is 0 Å². The molecular weight excluding hydrogens is 1420 g/mol. The van der Waals surface area contributed by atoms with Gasteiger partial charge in [0, 0.05) is 38.4 Å². The van der Waals surface area contributed by atoms with E-state index in [0.29, 0.717) is 79.8 Å². The molecular formula is C93H210O9S5. The molecule has 0 saturated carbocycles. The average molecular weight is 1630 g/mol. The van der Waals surface area contributed by atoms with Crippen LogP contribution in [0.15, 0.2) is 0 Å². The van der Waals surface area contributed by atoms with E-state index in [-0.39, 0.29) is 46.2 Å². The van der Waals surface area contributed by atoms with Crippen molar-refractivity contribution in [2.45, 2.75) is 511 Å². The highest BCUT2D eigenvalue weighted by molar-refractivity contribution is 8.01. The SMILES string of the molecule is C.CC(C)C(C)(C)C(C)C.CC(C)CC(=O)C(C)C.CC(C)CC(C)(C)C(C)C.CC(C)CC(C)C.CC(C)CS(=O)(=O)C(C)C.CC(C)OC(C)(C)C(C)C.CC(C)OC(C)(C)C(C)C.CC(C)OC(C)C.CC(C)S(=O)(=O)C(C)C.CC(C)S(=O)C(C)C.CC(C)SC(C)(C)C(C)C.CC(C)SC(C)C. The number of ketones is 1. The van der Waals surface area contributed by atoms with E-state index in [9.17, 15) is 25.8 Å². The number of thioether (sulfide) groups is 2. The summed E-state index contributed by atoms with van der Waals surface area (Å²) in [6, 6.07) is 0. The molecule has 107 heavy (non-hydrogen) atoms. The molecule has 9 nitrogen and oxygen atoms in total. The van der Waals surface area contributed by atoms with Gasteiger partial charge in [0.15, 0.2) is 19.7 Å². The van der Waals surface area contributed by atoms with Gasteiger partial charge in [0.2, 0.25) is 0 Å². The minimum Gasteiger partial charge on any atom is -0.376 e. The van der Waals surface area contributed by atoms with Crippen molar-refractivity contribution >= 4 is 59.8 Å². The monoisotopic (exact) mass is 1630 g/mol. The van der Waals surface area contributed by atoms with E-state index in [1.165, 1.54) is 12.8 Å². The number of carbonyl (C=O) groups is 1. The molecule has 0 radical (unpaired) electrons. The Hall–Kier alpha value is 0.300. The van der Waals surface area contributed by atoms with Gasteiger partial charge in [-0.05, 0) is 229 Å². The largest absolute Gasteiger partial charge is 0.376 e. The van der Waals surface area contributed by atoms with E-state index < -0.39 is 30.5 Å². The van der Waals surface area contributed by atoms with Crippen molar-refractivity contribution < 1.29 is 40.0 Å². The lowest BCUT2D eigenvalue weighted by Gasteiger charge is -2.33. The van der Waals surface area contributed by atoms with Crippen molar-refractivity contribution in [3.05, 3.63) is 0 Å². The van der Waals surface area contributed by atoms with Crippen LogP contribution in [-0.4, -0.2) is 115 Å². The smallest absolute Gasteiger partial charge is 0.154 e. The number of ether oxygens (including phenoxy) is 3. The molecule has 666 valence electrons. The maximum atomic E-state index is 11.1. The number of hydrogen-bond acceptors (Lipinski definition) is 11. The van der Waals surface area contributed by atoms with Crippen LogP contribution >= 0.6 is 23.5 Å². The molecule has 0 aromatic heterocycles. The Morgan fingerprint density at radius 3 is 0.710 bits per heavy atom. The maximum absolute atomic E-state index is 11.1. The third kappa shape index (κ3) is 100. The van der Waals surface area contributed by atoms with Crippen molar-refractivity contribution in [2.24, 2.45) is 81.8 Å². The first-order valence-corrected chi connectivity index (χ1v) is 48.7. The van der Waals surface area contributed by atoms with Gasteiger partial charge in [-0.15, -0.1) is 0 Å². The summed E-state index contributed by atoms with van der Waals surface area (Å²) in [5.74, 6) is 8.54. The Morgan fingerprint density at radius 2 is 0.664 bits per heavy atom. The van der Waals surface area contributed by atoms with Crippen LogP contribution in [0.25, 0.3) is 0 Å². The van der Waals surface area contributed by atoms with Gasteiger partial charge in [-0.25, -0.2) is 16.8 Å². The van der Waals surface area contributed by atoms with Crippen LogP contribution in [0.3, 0.4) is 0 Å². The van der Waals surface area contributed by atoms with Crippen LogP contribution in [0, 0.1) is 81.8 Å². The van der Waals surface area contributed by atoms with Crippen LogP contribution in [0.5, 0.6) is 0 Å². The first-order valence-electron chi connectivity index (χ1n) is 42.2. The molecule has 0 aromatic carbocycles. The fourth-order valence-corrected chi connectivity index (χ4v) is 14.7. The van der Waals surface area contributed by atoms with E-state index >= 15 is 0 Å². The zero-order valence-electron chi connectivity index (χ0n) is 83.4. The van der Waals surface area contributed by atoms with Gasteiger partial charge in [0.1, 0.15) is 5.78 Å². The number of Topliss-reactive ketones (excluding diaryl/α,β-unsaturated/α-hetero) is 1. The normalized spacial score (nSPS) is 12.4. The van der Waals surface area contributed by atoms with Crippen LogP contribution < -0.4 is 0 Å². The van der Waals surface area contributed by atoms with Gasteiger partial charge in [0.05, 0.1) is 57.1 Å². The molecule has 0 aliphatic carbocycles. The lowest BCUT2D eigenvalue weighted by atomic mass is 9.72.